The molecule has 5 rings (SSSR count). The Balaban J connectivity index is 0.000000218. The standard InChI is InChI=1S/C15H14O3.C9H10O3.C6H6O.H2O/c1-17-15-10-12(9-13(16)11-15)7-8-18-14-5-3-2-4-6-14;1-11-8-3-6(9-5-12-9)2-7(10)4-8;7-6-4-2-1-3-5-6;/h2-11,16H,1H3;2-4,9-10H,5H2,1H3;1-5,7H;1H2/p-1/b8-7+;;;. The van der Waals surface area contributed by atoms with E-state index in [1.165, 1.54) is 0 Å². The van der Waals surface area contributed by atoms with Gasteiger partial charge in [-0.1, -0.05) is 36.4 Å². The van der Waals surface area contributed by atoms with Crippen molar-refractivity contribution in [2.75, 3.05) is 20.8 Å². The zero-order valence-corrected chi connectivity index (χ0v) is 21.1. The molecule has 1 unspecified atom stereocenters. The second kappa shape index (κ2) is 15.5. The van der Waals surface area contributed by atoms with E-state index in [-0.39, 0.29) is 23.1 Å². The van der Waals surface area contributed by atoms with Gasteiger partial charge in [0.2, 0.25) is 0 Å². The van der Waals surface area contributed by atoms with Gasteiger partial charge in [0.25, 0.3) is 0 Å². The van der Waals surface area contributed by atoms with Crippen molar-refractivity contribution >= 4 is 6.08 Å². The summed E-state index contributed by atoms with van der Waals surface area (Å²) in [6.45, 7) is 0.743. The summed E-state index contributed by atoms with van der Waals surface area (Å²) < 4.78 is 20.6. The van der Waals surface area contributed by atoms with Gasteiger partial charge in [0, 0.05) is 12.1 Å². The van der Waals surface area contributed by atoms with E-state index in [4.69, 9.17) is 24.1 Å². The number of phenols is 3. The van der Waals surface area contributed by atoms with E-state index in [0.717, 1.165) is 23.5 Å². The van der Waals surface area contributed by atoms with Crippen molar-refractivity contribution < 1.29 is 39.7 Å². The maximum Gasteiger partial charge on any atom is 0.126 e. The fourth-order valence-corrected chi connectivity index (χ4v) is 3.09. The molecule has 1 aliphatic heterocycles. The Morgan fingerprint density at radius 3 is 1.76 bits per heavy atom. The van der Waals surface area contributed by atoms with Crippen LogP contribution >= 0.6 is 0 Å². The minimum atomic E-state index is 0. The summed E-state index contributed by atoms with van der Waals surface area (Å²) in [7, 11) is 3.13. The van der Waals surface area contributed by atoms with Crippen molar-refractivity contribution in [3.8, 4) is 34.5 Å². The SMILES string of the molecule is COc1cc(O)cc(/C=C/Oc2ccccc2)c1.COc1cc(O)cc(C2CO2)c1.Oc1ccccc1.[OH-]. The Morgan fingerprint density at radius 2 is 1.24 bits per heavy atom. The van der Waals surface area contributed by atoms with E-state index in [1.807, 2.05) is 48.5 Å². The van der Waals surface area contributed by atoms with E-state index in [0.29, 0.717) is 17.2 Å². The monoisotopic (exact) mass is 519 g/mol. The predicted octanol–water partition coefficient (Wildman–Crippen LogP) is 6.14. The molecule has 4 aromatic carbocycles. The highest BCUT2D eigenvalue weighted by atomic mass is 16.6. The summed E-state index contributed by atoms with van der Waals surface area (Å²) in [5, 5.41) is 27.4. The summed E-state index contributed by atoms with van der Waals surface area (Å²) in [5.74, 6) is 2.74. The average molecular weight is 520 g/mol. The first kappa shape index (κ1) is 29.6. The zero-order valence-electron chi connectivity index (χ0n) is 21.1. The second-order valence-corrected chi connectivity index (χ2v) is 7.82. The van der Waals surface area contributed by atoms with E-state index in [9.17, 15) is 10.2 Å². The normalized spacial score (nSPS) is 13.1. The minimum Gasteiger partial charge on any atom is -0.870 e. The van der Waals surface area contributed by atoms with Crippen LogP contribution in [-0.4, -0.2) is 41.6 Å². The van der Waals surface area contributed by atoms with Gasteiger partial charge in [0.05, 0.1) is 27.1 Å². The first-order chi connectivity index (χ1) is 18.0. The Labute approximate surface area is 221 Å². The van der Waals surface area contributed by atoms with Crippen LogP contribution in [0.3, 0.4) is 0 Å². The van der Waals surface area contributed by atoms with E-state index in [2.05, 4.69) is 0 Å². The predicted molar refractivity (Wildman–Crippen MR) is 144 cm³/mol. The van der Waals surface area contributed by atoms with Gasteiger partial charge in [0.1, 0.15) is 40.6 Å². The summed E-state index contributed by atoms with van der Waals surface area (Å²) >= 11 is 0. The van der Waals surface area contributed by atoms with E-state index < -0.39 is 0 Å². The quantitative estimate of drug-likeness (QED) is 0.205. The molecule has 38 heavy (non-hydrogen) atoms. The molecular formula is C30H31O8-. The Hall–Kier alpha value is -4.66. The number of rotatable bonds is 6. The van der Waals surface area contributed by atoms with Crippen LogP contribution in [0.4, 0.5) is 0 Å². The summed E-state index contributed by atoms with van der Waals surface area (Å²) in [6, 6.07) is 28.3. The summed E-state index contributed by atoms with van der Waals surface area (Å²) in [6.07, 6.45) is 3.49. The number of methoxy groups -OCH3 is 2. The van der Waals surface area contributed by atoms with Crippen molar-refractivity contribution in [2.24, 2.45) is 0 Å². The van der Waals surface area contributed by atoms with Crippen LogP contribution in [0.15, 0.2) is 103 Å². The molecule has 1 fully saturated rings. The third-order valence-corrected chi connectivity index (χ3v) is 4.97. The lowest BCUT2D eigenvalue weighted by molar-refractivity contribution is 0.397. The molecule has 8 heteroatoms. The largest absolute Gasteiger partial charge is 0.870 e. The Kier molecular flexibility index (Phi) is 12.0. The van der Waals surface area contributed by atoms with Crippen LogP contribution in [-0.2, 0) is 4.74 Å². The number of phenolic OH excluding ortho intramolecular Hbond substituents is 3. The van der Waals surface area contributed by atoms with Gasteiger partial charge in [0.15, 0.2) is 0 Å². The number of aromatic hydroxyl groups is 3. The molecular weight excluding hydrogens is 488 g/mol. The highest BCUT2D eigenvalue weighted by molar-refractivity contribution is 5.54. The van der Waals surface area contributed by atoms with Gasteiger partial charge in [-0.25, -0.2) is 0 Å². The molecule has 0 aromatic heterocycles. The highest BCUT2D eigenvalue weighted by Crippen LogP contribution is 2.34. The van der Waals surface area contributed by atoms with Gasteiger partial charge in [-0.05, 0) is 65.7 Å². The average Bonchev–Trinajstić information content (AvgIpc) is 3.76. The Morgan fingerprint density at radius 1 is 0.684 bits per heavy atom. The number of epoxide rings is 1. The Bertz CT molecular complexity index is 1260. The van der Waals surface area contributed by atoms with Gasteiger partial charge in [-0.2, -0.15) is 0 Å². The van der Waals surface area contributed by atoms with Crippen LogP contribution in [0.1, 0.15) is 17.2 Å². The molecule has 1 heterocycles. The molecule has 1 aliphatic rings. The molecule has 1 atom stereocenters. The molecule has 200 valence electrons. The van der Waals surface area contributed by atoms with Crippen molar-refractivity contribution in [1.82, 2.24) is 0 Å². The molecule has 8 nitrogen and oxygen atoms in total. The lowest BCUT2D eigenvalue weighted by Gasteiger charge is -2.03. The van der Waals surface area contributed by atoms with Crippen molar-refractivity contribution in [3.63, 3.8) is 0 Å². The van der Waals surface area contributed by atoms with Crippen LogP contribution in [0.25, 0.3) is 6.08 Å². The fraction of sp³-hybridized carbons (Fsp3) is 0.133. The fourth-order valence-electron chi connectivity index (χ4n) is 3.09. The van der Waals surface area contributed by atoms with Crippen LogP contribution in [0, 0.1) is 0 Å². The molecule has 0 bridgehead atoms. The van der Waals surface area contributed by atoms with Crippen molar-refractivity contribution in [2.45, 2.75) is 6.10 Å². The molecule has 1 saturated heterocycles. The van der Waals surface area contributed by atoms with E-state index in [1.54, 1.807) is 75.1 Å². The number of para-hydroxylation sites is 2. The lowest BCUT2D eigenvalue weighted by atomic mass is 10.1. The molecule has 0 radical (unpaired) electrons. The number of benzene rings is 4. The van der Waals surface area contributed by atoms with Crippen molar-refractivity contribution in [3.05, 3.63) is 114 Å². The van der Waals surface area contributed by atoms with E-state index >= 15 is 0 Å². The summed E-state index contributed by atoms with van der Waals surface area (Å²) in [4.78, 5) is 0. The van der Waals surface area contributed by atoms with Crippen LogP contribution < -0.4 is 14.2 Å². The molecule has 0 spiro atoms. The van der Waals surface area contributed by atoms with Crippen LogP contribution in [0.5, 0.6) is 34.5 Å². The third kappa shape index (κ3) is 10.5. The van der Waals surface area contributed by atoms with Gasteiger partial charge >= 0.3 is 0 Å². The lowest BCUT2D eigenvalue weighted by Crippen LogP contribution is -1.86. The maximum atomic E-state index is 9.49. The maximum absolute atomic E-state index is 9.49. The molecule has 0 aliphatic carbocycles. The van der Waals surface area contributed by atoms with Crippen molar-refractivity contribution in [1.29, 1.82) is 0 Å². The molecule has 0 saturated carbocycles. The third-order valence-electron chi connectivity index (χ3n) is 4.97. The number of hydrogen-bond donors (Lipinski definition) is 3. The minimum absolute atomic E-state index is 0. The molecule has 4 N–H and O–H groups in total. The van der Waals surface area contributed by atoms with Gasteiger partial charge < -0.3 is 39.7 Å². The number of ether oxygens (including phenoxy) is 4. The topological polar surface area (TPSA) is 131 Å². The second-order valence-electron chi connectivity index (χ2n) is 7.82. The molecule has 4 aromatic rings. The number of hydrogen-bond acceptors (Lipinski definition) is 8. The van der Waals surface area contributed by atoms with Crippen LogP contribution in [0.2, 0.25) is 0 Å². The van der Waals surface area contributed by atoms with Gasteiger partial charge in [-0.15, -0.1) is 0 Å². The van der Waals surface area contributed by atoms with Gasteiger partial charge in [-0.3, -0.25) is 0 Å². The summed E-state index contributed by atoms with van der Waals surface area (Å²) in [5.41, 5.74) is 1.79. The highest BCUT2D eigenvalue weighted by Gasteiger charge is 2.25. The zero-order chi connectivity index (χ0) is 26.5. The molecule has 0 amide bonds. The first-order valence-corrected chi connectivity index (χ1v) is 11.5. The smallest absolute Gasteiger partial charge is 0.126 e. The first-order valence-electron chi connectivity index (χ1n) is 11.5.